The van der Waals surface area contributed by atoms with Crippen molar-refractivity contribution in [2.24, 2.45) is 22.7 Å². The van der Waals surface area contributed by atoms with Gasteiger partial charge in [0.05, 0.1) is 6.26 Å². The lowest BCUT2D eigenvalue weighted by atomic mass is 10.1. The zero-order valence-corrected chi connectivity index (χ0v) is 44.9. The number of aliphatic imine (C=N–C) groups is 1. The van der Waals surface area contributed by atoms with E-state index in [9.17, 15) is 28.8 Å². The molecule has 5 aromatic heterocycles. The number of carbonyl (C=O) groups excluding carboxylic acids is 2. The molecule has 8 N–H and O–H groups in total. The van der Waals surface area contributed by atoms with Gasteiger partial charge in [0.2, 0.25) is 23.1 Å². The topological polar surface area (TPSA) is 321 Å². The van der Waals surface area contributed by atoms with Crippen LogP contribution < -0.4 is 38.2 Å². The first-order valence-corrected chi connectivity index (χ1v) is 23.8. The zero-order valence-electron chi connectivity index (χ0n) is 43.3. The number of aromatic hydroxyl groups is 1. The van der Waals surface area contributed by atoms with Crippen LogP contribution in [0.5, 0.6) is 5.75 Å². The van der Waals surface area contributed by atoms with Gasteiger partial charge in [-0.2, -0.15) is 19.7 Å². The van der Waals surface area contributed by atoms with Crippen molar-refractivity contribution in [3.8, 4) is 5.75 Å². The van der Waals surface area contributed by atoms with Crippen molar-refractivity contribution in [2.75, 3.05) is 14.1 Å². The lowest BCUT2D eigenvalue weighted by molar-refractivity contribution is -0.124. The van der Waals surface area contributed by atoms with Crippen molar-refractivity contribution in [1.82, 2.24) is 55.0 Å². The summed E-state index contributed by atoms with van der Waals surface area (Å²) in [5.41, 5.74) is 3.26. The van der Waals surface area contributed by atoms with Crippen molar-refractivity contribution in [2.45, 2.75) is 178 Å². The second-order valence-corrected chi connectivity index (χ2v) is 18.6. The van der Waals surface area contributed by atoms with Gasteiger partial charge in [0.1, 0.15) is 23.6 Å². The molecular formula is C50H96N12O10S2. The number of hydroxylamine groups is 1. The number of amides is 2. The third-order valence-corrected chi connectivity index (χ3v) is 9.96. The lowest BCUT2D eigenvalue weighted by Gasteiger charge is -2.01. The molecule has 0 atom stereocenters. The Morgan fingerprint density at radius 2 is 1.23 bits per heavy atom. The Morgan fingerprint density at radius 3 is 1.43 bits per heavy atom. The number of carbonyl (C=O) groups is 2. The molecule has 0 bridgehead atoms. The molecule has 1 aliphatic heterocycles. The van der Waals surface area contributed by atoms with E-state index in [1.54, 1.807) is 20.2 Å². The van der Waals surface area contributed by atoms with Gasteiger partial charge in [0.25, 0.3) is 16.7 Å². The molecule has 6 rings (SSSR count). The van der Waals surface area contributed by atoms with Crippen molar-refractivity contribution >= 4 is 40.9 Å². The fraction of sp³-hybridized carbons (Fsp3) is 0.620. The summed E-state index contributed by atoms with van der Waals surface area (Å²) in [6, 6.07) is 3.11. The standard InChI is InChI=1S/C8H10O3.C6H10N2O.C6H9NO2.C6H9NOS.C5H8N2OS.2C5H11NO.C4H8N4.5CH4/c1-5(2)6-3-11-4-7(9)8(6)10;1-4(2)6-7-5(3)9-8-6;2*1-4(2)5-3-6(8)7-9-5;1-3(2)4-5(8)7-9-6-4;2*1-4(2)5(7)6-3;1-3(2)4-5-7-8-6-4;;;;;/h3-5,9H,1-2H3;4H,3H2,1-2H3,(H,7,8);2*3-4H,1-2H3,(H,7,8);3H,1-2H3,(H,7,8);2*4H,1-3H3,(H,6,7);3H,1-2H3,(H,5,6,7,8);5*1H4. The second kappa shape index (κ2) is 44.1. The summed E-state index contributed by atoms with van der Waals surface area (Å²) < 4.78 is 18.6. The lowest BCUT2D eigenvalue weighted by Crippen LogP contribution is -2.22. The summed E-state index contributed by atoms with van der Waals surface area (Å²) in [6.45, 7) is 34.8. The van der Waals surface area contributed by atoms with Crippen LogP contribution in [-0.4, -0.2) is 75.8 Å². The molecule has 428 valence electrons. The molecule has 6 heterocycles. The van der Waals surface area contributed by atoms with Gasteiger partial charge in [-0.15, -0.1) is 10.2 Å². The molecule has 2 amide bonds. The number of nitrogens with one attached hydrogen (secondary N) is 7. The summed E-state index contributed by atoms with van der Waals surface area (Å²) in [7, 11) is 3.28. The summed E-state index contributed by atoms with van der Waals surface area (Å²) in [4.78, 5) is 73.5. The molecule has 0 fully saturated rings. The third-order valence-electron chi connectivity index (χ3n) is 8.26. The molecule has 1 aliphatic rings. The highest BCUT2D eigenvalue weighted by atomic mass is 32.1. The first-order chi connectivity index (χ1) is 32.1. The predicted molar refractivity (Wildman–Crippen MR) is 305 cm³/mol. The highest BCUT2D eigenvalue weighted by Crippen LogP contribution is 2.15. The average Bonchev–Trinajstić information content (AvgIpc) is 4.15. The summed E-state index contributed by atoms with van der Waals surface area (Å²) >= 11 is 2.53. The molecule has 0 spiro atoms. The van der Waals surface area contributed by atoms with Gasteiger partial charge in [0, 0.05) is 83.9 Å². The summed E-state index contributed by atoms with van der Waals surface area (Å²) in [6.07, 6.45) is 2.40. The number of rotatable bonds is 8. The molecule has 0 unspecified atom stereocenters. The molecule has 0 radical (unpaired) electrons. The van der Waals surface area contributed by atoms with E-state index in [0.717, 1.165) is 34.5 Å². The maximum atomic E-state index is 11.1. The van der Waals surface area contributed by atoms with Crippen LogP contribution in [0.15, 0.2) is 70.2 Å². The minimum absolute atomic E-state index is 0. The fourth-order valence-electron chi connectivity index (χ4n) is 4.09. The number of tetrazole rings is 1. The Hall–Kier alpha value is -6.43. The van der Waals surface area contributed by atoms with Gasteiger partial charge in [-0.25, -0.2) is 5.48 Å². The Balaban J connectivity index is -0.000000138. The van der Waals surface area contributed by atoms with E-state index in [1.807, 2.05) is 96.9 Å². The number of amidine groups is 1. The van der Waals surface area contributed by atoms with E-state index >= 15 is 0 Å². The van der Waals surface area contributed by atoms with Gasteiger partial charge in [0.15, 0.2) is 11.6 Å². The summed E-state index contributed by atoms with van der Waals surface area (Å²) in [5.74, 6) is 4.68. The van der Waals surface area contributed by atoms with E-state index in [-0.39, 0.29) is 106 Å². The highest BCUT2D eigenvalue weighted by Gasteiger charge is 2.12. The van der Waals surface area contributed by atoms with Gasteiger partial charge in [-0.1, -0.05) is 165 Å². The van der Waals surface area contributed by atoms with E-state index in [4.69, 9.17) is 18.9 Å². The number of aromatic amines is 4. The van der Waals surface area contributed by atoms with Crippen LogP contribution in [-0.2, 0) is 14.4 Å². The zero-order chi connectivity index (χ0) is 53.6. The first-order valence-electron chi connectivity index (χ1n) is 22.2. The number of nitrogens with zero attached hydrogens (tertiary/aromatic N) is 5. The van der Waals surface area contributed by atoms with Gasteiger partial charge in [-0.3, -0.25) is 37.5 Å². The molecule has 5 aromatic rings. The van der Waals surface area contributed by atoms with E-state index < -0.39 is 0 Å². The Kier molecular flexibility index (Phi) is 48.6. The fourth-order valence-corrected chi connectivity index (χ4v) is 5.40. The SMILES string of the molecule is C.C.C.C.C.C=C1N=C(C(C)C)NO1.CC(C)c1cc(=O)[nH]o1.CC(C)c1cc(=O)[nH]s1.CC(C)c1cocc(O)c1=O.CC(C)c1nn[nH]n1.CC(C)c1ns[nH]c1=O.CNC(=O)C(C)C.CNC(=O)C(C)C. The van der Waals surface area contributed by atoms with Crippen LogP contribution in [0.25, 0.3) is 0 Å². The average molecular weight is 1090 g/mol. The quantitative estimate of drug-likeness (QED) is 0.0716. The van der Waals surface area contributed by atoms with Crippen LogP contribution in [0.2, 0.25) is 0 Å². The summed E-state index contributed by atoms with van der Waals surface area (Å²) in [5, 5.41) is 29.5. The Labute approximate surface area is 448 Å². The third kappa shape index (κ3) is 35.6. The Morgan fingerprint density at radius 1 is 0.689 bits per heavy atom. The van der Waals surface area contributed by atoms with E-state index in [1.165, 1.54) is 23.9 Å². The molecule has 0 saturated carbocycles. The highest BCUT2D eigenvalue weighted by molar-refractivity contribution is 7.05. The van der Waals surface area contributed by atoms with Gasteiger partial charge >= 0.3 is 0 Å². The molecule has 22 nitrogen and oxygen atoms in total. The normalized spacial score (nSPS) is 10.4. The molecule has 0 saturated heterocycles. The molecule has 0 aromatic carbocycles. The molecule has 24 heteroatoms. The molecule has 74 heavy (non-hydrogen) atoms. The van der Waals surface area contributed by atoms with Crippen LogP contribution in [0.1, 0.15) is 205 Å². The molecular weight excluding hydrogens is 993 g/mol. The van der Waals surface area contributed by atoms with E-state index in [0.29, 0.717) is 40.7 Å². The number of hydrogen-bond acceptors (Lipinski definition) is 18. The number of H-pyrrole nitrogens is 4. The smallest absolute Gasteiger partial charge is 0.281 e. The van der Waals surface area contributed by atoms with Crippen LogP contribution >= 0.6 is 23.3 Å². The second-order valence-electron chi connectivity index (χ2n) is 17.1. The van der Waals surface area contributed by atoms with Crippen LogP contribution in [0, 0.1) is 17.8 Å². The van der Waals surface area contributed by atoms with Gasteiger partial charge in [-0.05, 0) is 18.4 Å². The van der Waals surface area contributed by atoms with Gasteiger partial charge < -0.3 is 29.5 Å². The van der Waals surface area contributed by atoms with Crippen molar-refractivity contribution < 1.29 is 28.5 Å². The number of aromatic nitrogens is 8. The minimum Gasteiger partial charge on any atom is -0.502 e. The monoisotopic (exact) mass is 1090 g/mol. The van der Waals surface area contributed by atoms with Crippen LogP contribution in [0.3, 0.4) is 0 Å². The maximum absolute atomic E-state index is 11.1. The van der Waals surface area contributed by atoms with Crippen molar-refractivity contribution in [3.63, 3.8) is 0 Å². The van der Waals surface area contributed by atoms with E-state index in [2.05, 4.69) is 80.4 Å². The first kappa shape index (κ1) is 81.6. The Bertz CT molecular complexity index is 2360. The minimum atomic E-state index is -0.341. The largest absolute Gasteiger partial charge is 0.502 e. The number of hydrogen-bond donors (Lipinski definition) is 8. The van der Waals surface area contributed by atoms with Crippen molar-refractivity contribution in [3.05, 3.63) is 106 Å². The maximum Gasteiger partial charge on any atom is 0.281 e. The molecule has 0 aliphatic carbocycles. The predicted octanol–water partition coefficient (Wildman–Crippen LogP) is 10.4. The van der Waals surface area contributed by atoms with Crippen molar-refractivity contribution in [1.29, 1.82) is 0 Å². The van der Waals surface area contributed by atoms with Crippen LogP contribution in [0.4, 0.5) is 0 Å².